The number of halogens is 1. The van der Waals surface area contributed by atoms with Crippen LogP contribution in [0.5, 0.6) is 5.75 Å². The number of methoxy groups -OCH3 is 1. The number of piperazine rings is 1. The quantitative estimate of drug-likeness (QED) is 0.876. The van der Waals surface area contributed by atoms with Gasteiger partial charge in [0.15, 0.2) is 0 Å². The number of nitrogens with zero attached hydrogens (tertiary/aromatic N) is 2. The molecule has 1 N–H and O–H groups in total. The second-order valence-corrected chi connectivity index (χ2v) is 5.71. The molecule has 7 heteroatoms. The summed E-state index contributed by atoms with van der Waals surface area (Å²) in [4.78, 5) is 16.4. The fourth-order valence-electron chi connectivity index (χ4n) is 3.02. The summed E-state index contributed by atoms with van der Waals surface area (Å²) in [6, 6.07) is 4.30. The van der Waals surface area contributed by atoms with Crippen molar-refractivity contribution in [2.75, 3.05) is 57.9 Å². The average molecular weight is 323 g/mol. The number of hydrogen-bond donors (Lipinski definition) is 1. The molecule has 0 bridgehead atoms. The van der Waals surface area contributed by atoms with Gasteiger partial charge in [-0.1, -0.05) is 0 Å². The summed E-state index contributed by atoms with van der Waals surface area (Å²) in [7, 11) is 1.53. The van der Waals surface area contributed by atoms with E-state index in [1.54, 1.807) is 6.07 Å². The summed E-state index contributed by atoms with van der Waals surface area (Å²) in [5, 5.41) is 3.19. The number of amides is 1. The molecule has 2 saturated heterocycles. The first-order valence-corrected chi connectivity index (χ1v) is 7.87. The van der Waals surface area contributed by atoms with Crippen LogP contribution in [0.4, 0.5) is 10.1 Å². The Morgan fingerprint density at radius 3 is 2.78 bits per heavy atom. The fraction of sp³-hybridized carbons (Fsp3) is 0.562. The van der Waals surface area contributed by atoms with Crippen molar-refractivity contribution in [2.24, 2.45) is 0 Å². The van der Waals surface area contributed by atoms with Crippen molar-refractivity contribution in [3.05, 3.63) is 24.0 Å². The van der Waals surface area contributed by atoms with E-state index in [9.17, 15) is 9.18 Å². The lowest BCUT2D eigenvalue weighted by molar-refractivity contribution is -0.136. The molecule has 0 radical (unpaired) electrons. The minimum atomic E-state index is -0.317. The van der Waals surface area contributed by atoms with Gasteiger partial charge in [-0.2, -0.15) is 0 Å². The lowest BCUT2D eigenvalue weighted by Crippen LogP contribution is -2.57. The first-order chi connectivity index (χ1) is 11.2. The van der Waals surface area contributed by atoms with Gasteiger partial charge in [-0.15, -0.1) is 0 Å². The highest BCUT2D eigenvalue weighted by molar-refractivity contribution is 5.82. The van der Waals surface area contributed by atoms with Crippen molar-refractivity contribution in [1.82, 2.24) is 10.2 Å². The fourth-order valence-corrected chi connectivity index (χ4v) is 3.02. The van der Waals surface area contributed by atoms with Gasteiger partial charge in [-0.25, -0.2) is 4.39 Å². The monoisotopic (exact) mass is 323 g/mol. The van der Waals surface area contributed by atoms with Crippen LogP contribution >= 0.6 is 0 Å². The molecule has 1 unspecified atom stereocenters. The van der Waals surface area contributed by atoms with Crippen molar-refractivity contribution in [2.45, 2.75) is 6.04 Å². The van der Waals surface area contributed by atoms with Gasteiger partial charge in [-0.05, 0) is 12.1 Å². The predicted octanol–water partition coefficient (Wildman–Crippen LogP) is 0.471. The molecule has 3 rings (SSSR count). The van der Waals surface area contributed by atoms with E-state index in [1.807, 2.05) is 4.90 Å². The molecule has 1 amide bonds. The van der Waals surface area contributed by atoms with E-state index in [1.165, 1.54) is 19.2 Å². The molecular weight excluding hydrogens is 301 g/mol. The summed E-state index contributed by atoms with van der Waals surface area (Å²) >= 11 is 0. The third kappa shape index (κ3) is 3.56. The molecular formula is C16H22FN3O3. The van der Waals surface area contributed by atoms with Gasteiger partial charge in [0.05, 0.1) is 26.0 Å². The summed E-state index contributed by atoms with van der Waals surface area (Å²) in [6.45, 7) is 4.47. The summed E-state index contributed by atoms with van der Waals surface area (Å²) < 4.78 is 23.9. The molecule has 6 nitrogen and oxygen atoms in total. The Morgan fingerprint density at radius 1 is 1.35 bits per heavy atom. The molecule has 0 aromatic heterocycles. The molecule has 0 aliphatic carbocycles. The van der Waals surface area contributed by atoms with Crippen molar-refractivity contribution < 1.29 is 18.7 Å². The maximum absolute atomic E-state index is 13.3. The van der Waals surface area contributed by atoms with E-state index < -0.39 is 0 Å². The molecule has 1 atom stereocenters. The lowest BCUT2D eigenvalue weighted by Gasteiger charge is -2.38. The lowest BCUT2D eigenvalue weighted by atomic mass is 10.2. The van der Waals surface area contributed by atoms with Gasteiger partial charge in [0.1, 0.15) is 17.6 Å². The first kappa shape index (κ1) is 16.0. The third-order valence-electron chi connectivity index (χ3n) is 4.29. The Balaban J connectivity index is 1.61. The Labute approximate surface area is 135 Å². The highest BCUT2D eigenvalue weighted by Gasteiger charge is 2.29. The van der Waals surface area contributed by atoms with E-state index in [-0.39, 0.29) is 17.8 Å². The molecule has 126 valence electrons. The summed E-state index contributed by atoms with van der Waals surface area (Å²) in [6.07, 6.45) is 0. The van der Waals surface area contributed by atoms with E-state index >= 15 is 0 Å². The standard InChI is InChI=1S/C16H22FN3O3/c1-22-15-10-12(17)2-3-14(15)19-5-7-20(8-6-19)16(21)13-11-23-9-4-18-13/h2-3,10,13,18H,4-9,11H2,1H3. The van der Waals surface area contributed by atoms with Crippen molar-refractivity contribution in [1.29, 1.82) is 0 Å². The Morgan fingerprint density at radius 2 is 2.13 bits per heavy atom. The van der Waals surface area contributed by atoms with Crippen LogP contribution in [0.15, 0.2) is 18.2 Å². The van der Waals surface area contributed by atoms with Crippen LogP contribution in [0.2, 0.25) is 0 Å². The second-order valence-electron chi connectivity index (χ2n) is 5.71. The van der Waals surface area contributed by atoms with E-state index in [0.717, 1.165) is 5.69 Å². The third-order valence-corrected chi connectivity index (χ3v) is 4.29. The minimum absolute atomic E-state index is 0.0930. The smallest absolute Gasteiger partial charge is 0.242 e. The van der Waals surface area contributed by atoms with E-state index in [4.69, 9.17) is 9.47 Å². The van der Waals surface area contributed by atoms with E-state index in [2.05, 4.69) is 10.2 Å². The van der Waals surface area contributed by atoms with Crippen LogP contribution in [-0.2, 0) is 9.53 Å². The number of hydrogen-bond acceptors (Lipinski definition) is 5. The van der Waals surface area contributed by atoms with E-state index in [0.29, 0.717) is 51.7 Å². The molecule has 2 heterocycles. The Bertz CT molecular complexity index is 556. The minimum Gasteiger partial charge on any atom is -0.494 e. The number of benzene rings is 1. The molecule has 2 aliphatic heterocycles. The molecule has 0 spiro atoms. The topological polar surface area (TPSA) is 54.0 Å². The summed E-state index contributed by atoms with van der Waals surface area (Å²) in [5.41, 5.74) is 0.861. The summed E-state index contributed by atoms with van der Waals surface area (Å²) in [5.74, 6) is 0.297. The molecule has 2 fully saturated rings. The van der Waals surface area contributed by atoms with Crippen molar-refractivity contribution >= 4 is 11.6 Å². The highest BCUT2D eigenvalue weighted by Crippen LogP contribution is 2.29. The number of morpholine rings is 1. The number of rotatable bonds is 3. The largest absolute Gasteiger partial charge is 0.494 e. The van der Waals surface area contributed by atoms with Crippen LogP contribution in [0.1, 0.15) is 0 Å². The van der Waals surface area contributed by atoms with Gasteiger partial charge in [0.25, 0.3) is 0 Å². The van der Waals surface area contributed by atoms with Gasteiger partial charge < -0.3 is 24.6 Å². The van der Waals surface area contributed by atoms with Crippen LogP contribution in [0, 0.1) is 5.82 Å². The molecule has 23 heavy (non-hydrogen) atoms. The first-order valence-electron chi connectivity index (χ1n) is 7.87. The molecule has 1 aromatic carbocycles. The number of ether oxygens (including phenoxy) is 2. The Kier molecular flexibility index (Phi) is 4.97. The second kappa shape index (κ2) is 7.14. The van der Waals surface area contributed by atoms with Crippen LogP contribution in [0.3, 0.4) is 0 Å². The Hall–Kier alpha value is -1.86. The molecule has 1 aromatic rings. The van der Waals surface area contributed by atoms with Gasteiger partial charge in [-0.3, -0.25) is 4.79 Å². The van der Waals surface area contributed by atoms with Crippen LogP contribution < -0.4 is 15.0 Å². The predicted molar refractivity (Wildman–Crippen MR) is 84.4 cm³/mol. The van der Waals surface area contributed by atoms with Crippen molar-refractivity contribution in [3.63, 3.8) is 0 Å². The zero-order valence-corrected chi connectivity index (χ0v) is 13.3. The van der Waals surface area contributed by atoms with Crippen molar-refractivity contribution in [3.8, 4) is 5.75 Å². The number of nitrogens with one attached hydrogen (secondary N) is 1. The highest BCUT2D eigenvalue weighted by atomic mass is 19.1. The number of carbonyl (C=O) groups is 1. The zero-order valence-electron chi connectivity index (χ0n) is 13.3. The maximum atomic E-state index is 13.3. The molecule has 2 aliphatic rings. The van der Waals surface area contributed by atoms with Crippen LogP contribution in [-0.4, -0.2) is 69.9 Å². The van der Waals surface area contributed by atoms with Gasteiger partial charge in [0, 0.05) is 38.8 Å². The maximum Gasteiger partial charge on any atom is 0.242 e. The van der Waals surface area contributed by atoms with Gasteiger partial charge >= 0.3 is 0 Å². The normalized spacial score (nSPS) is 22.1. The van der Waals surface area contributed by atoms with Crippen LogP contribution in [0.25, 0.3) is 0 Å². The average Bonchev–Trinajstić information content (AvgIpc) is 2.62. The SMILES string of the molecule is COc1cc(F)ccc1N1CCN(C(=O)C2COCCN2)CC1. The number of carbonyl (C=O) groups excluding carboxylic acids is 1. The molecule has 0 saturated carbocycles. The zero-order chi connectivity index (χ0) is 16.2. The van der Waals surface area contributed by atoms with Gasteiger partial charge in [0.2, 0.25) is 5.91 Å². The number of anilines is 1.